The van der Waals surface area contributed by atoms with Crippen LogP contribution >= 0.6 is 11.6 Å². The number of hydrogen-bond donors (Lipinski definition) is 1. The number of nitrogens with zero attached hydrogens (tertiary/aromatic N) is 2. The maximum atomic E-state index is 13.3. The van der Waals surface area contributed by atoms with Crippen molar-refractivity contribution in [2.24, 2.45) is 0 Å². The van der Waals surface area contributed by atoms with Gasteiger partial charge in [0.05, 0.1) is 17.0 Å². The minimum absolute atomic E-state index is 0.105. The van der Waals surface area contributed by atoms with Gasteiger partial charge in [0.25, 0.3) is 0 Å². The van der Waals surface area contributed by atoms with Crippen LogP contribution < -0.4 is 10.7 Å². The lowest BCUT2D eigenvalue weighted by molar-refractivity contribution is -0.116. The largest absolute Gasteiger partial charge is 0.462 e. The number of esters is 1. The van der Waals surface area contributed by atoms with Crippen molar-refractivity contribution < 1.29 is 18.7 Å². The number of fused-ring (bicyclic) bond motifs is 1. The van der Waals surface area contributed by atoms with Crippen molar-refractivity contribution in [1.29, 1.82) is 0 Å². The van der Waals surface area contributed by atoms with Crippen LogP contribution in [-0.2, 0) is 16.1 Å². The SMILES string of the molecule is CCOC(=O)c1cn(CC(=O)Nc2ccc(F)c(Cl)c2)c2nc(C)ccc2c1=O. The molecular formula is C20H17ClFN3O4. The number of benzene rings is 1. The highest BCUT2D eigenvalue weighted by molar-refractivity contribution is 6.31. The van der Waals surface area contributed by atoms with Crippen molar-refractivity contribution >= 4 is 40.2 Å². The van der Waals surface area contributed by atoms with E-state index >= 15 is 0 Å². The zero-order chi connectivity index (χ0) is 21.1. The van der Waals surface area contributed by atoms with Crippen LogP contribution in [0, 0.1) is 12.7 Å². The van der Waals surface area contributed by atoms with E-state index in [4.69, 9.17) is 16.3 Å². The first kappa shape index (κ1) is 20.5. The molecule has 0 fully saturated rings. The van der Waals surface area contributed by atoms with Crippen LogP contribution in [0.5, 0.6) is 0 Å². The van der Waals surface area contributed by atoms with Gasteiger partial charge in [-0.2, -0.15) is 0 Å². The highest BCUT2D eigenvalue weighted by Gasteiger charge is 2.18. The summed E-state index contributed by atoms with van der Waals surface area (Å²) in [5.74, 6) is -1.86. The lowest BCUT2D eigenvalue weighted by Crippen LogP contribution is -2.25. The average molecular weight is 418 g/mol. The third-order valence-corrected chi connectivity index (χ3v) is 4.36. The van der Waals surface area contributed by atoms with E-state index in [1.165, 1.54) is 22.9 Å². The molecule has 0 atom stereocenters. The Morgan fingerprint density at radius 1 is 1.28 bits per heavy atom. The summed E-state index contributed by atoms with van der Waals surface area (Å²) in [6.45, 7) is 3.24. The molecule has 1 N–H and O–H groups in total. The summed E-state index contributed by atoms with van der Waals surface area (Å²) < 4.78 is 19.6. The minimum Gasteiger partial charge on any atom is -0.462 e. The van der Waals surface area contributed by atoms with E-state index in [-0.39, 0.29) is 34.8 Å². The first-order chi connectivity index (χ1) is 13.8. The van der Waals surface area contributed by atoms with Gasteiger partial charge in [0, 0.05) is 17.6 Å². The normalized spacial score (nSPS) is 10.8. The van der Waals surface area contributed by atoms with Crippen LogP contribution in [0.3, 0.4) is 0 Å². The van der Waals surface area contributed by atoms with Crippen LogP contribution in [0.25, 0.3) is 11.0 Å². The molecule has 0 bridgehead atoms. The predicted octanol–water partition coefficient (Wildman–Crippen LogP) is 3.31. The smallest absolute Gasteiger partial charge is 0.343 e. The Hall–Kier alpha value is -3.26. The van der Waals surface area contributed by atoms with Crippen molar-refractivity contribution in [3.8, 4) is 0 Å². The molecule has 1 amide bonds. The molecule has 3 aromatic rings. The molecular weight excluding hydrogens is 401 g/mol. The highest BCUT2D eigenvalue weighted by atomic mass is 35.5. The quantitative estimate of drug-likeness (QED) is 0.643. The van der Waals surface area contributed by atoms with Gasteiger partial charge in [-0.3, -0.25) is 9.59 Å². The molecule has 0 radical (unpaired) electrons. The summed E-state index contributed by atoms with van der Waals surface area (Å²) in [4.78, 5) is 41.7. The summed E-state index contributed by atoms with van der Waals surface area (Å²) in [5.41, 5.74) is 0.493. The second kappa shape index (κ2) is 8.40. The minimum atomic E-state index is -0.778. The molecule has 0 saturated carbocycles. The Labute approximate surface area is 170 Å². The standard InChI is InChI=1S/C20H17ClFN3O4/c1-3-29-20(28)14-9-25(19-13(18(14)27)6-4-11(2)23-19)10-17(26)24-12-5-7-16(22)15(21)8-12/h4-9H,3,10H2,1-2H3,(H,24,26). The fraction of sp³-hybridized carbons (Fsp3) is 0.200. The molecule has 0 saturated heterocycles. The number of pyridine rings is 2. The van der Waals surface area contributed by atoms with Crippen molar-refractivity contribution in [1.82, 2.24) is 9.55 Å². The molecule has 1 aromatic carbocycles. The van der Waals surface area contributed by atoms with Gasteiger partial charge in [-0.25, -0.2) is 14.2 Å². The van der Waals surface area contributed by atoms with Crippen LogP contribution in [0.4, 0.5) is 10.1 Å². The molecule has 3 rings (SSSR count). The molecule has 0 spiro atoms. The number of carbonyl (C=O) groups is 2. The molecule has 0 unspecified atom stereocenters. The van der Waals surface area contributed by atoms with Crippen molar-refractivity contribution in [2.45, 2.75) is 20.4 Å². The molecule has 0 aliphatic carbocycles. The number of carbonyl (C=O) groups excluding carboxylic acids is 2. The maximum Gasteiger partial charge on any atom is 0.343 e. The summed E-state index contributed by atoms with van der Waals surface area (Å²) in [5, 5.41) is 2.66. The van der Waals surface area contributed by atoms with Crippen LogP contribution in [-0.4, -0.2) is 28.0 Å². The topological polar surface area (TPSA) is 90.3 Å². The fourth-order valence-corrected chi connectivity index (χ4v) is 2.94. The predicted molar refractivity (Wildman–Crippen MR) is 107 cm³/mol. The first-order valence-electron chi connectivity index (χ1n) is 8.73. The molecule has 2 heterocycles. The number of anilines is 1. The van der Waals surface area contributed by atoms with Gasteiger partial charge in [0.1, 0.15) is 23.6 Å². The van der Waals surface area contributed by atoms with Crippen molar-refractivity contribution in [3.63, 3.8) is 0 Å². The number of halogens is 2. The Balaban J connectivity index is 2.00. The summed E-state index contributed by atoms with van der Waals surface area (Å²) in [6, 6.07) is 6.98. The number of aryl methyl sites for hydroxylation is 1. The zero-order valence-corrected chi connectivity index (χ0v) is 16.4. The molecule has 29 heavy (non-hydrogen) atoms. The number of aromatic nitrogens is 2. The monoisotopic (exact) mass is 417 g/mol. The van der Waals surface area contributed by atoms with E-state index in [0.29, 0.717) is 11.4 Å². The summed E-state index contributed by atoms with van der Waals surface area (Å²) in [6.07, 6.45) is 1.26. The molecule has 9 heteroatoms. The Morgan fingerprint density at radius 3 is 2.72 bits per heavy atom. The van der Waals surface area contributed by atoms with Gasteiger partial charge in [0.2, 0.25) is 11.3 Å². The van der Waals surface area contributed by atoms with E-state index in [9.17, 15) is 18.8 Å². The highest BCUT2D eigenvalue weighted by Crippen LogP contribution is 2.19. The average Bonchev–Trinajstić information content (AvgIpc) is 2.67. The molecule has 7 nitrogen and oxygen atoms in total. The van der Waals surface area contributed by atoms with Crippen LogP contribution in [0.1, 0.15) is 23.0 Å². The Bertz CT molecular complexity index is 1180. The van der Waals surface area contributed by atoms with Gasteiger partial charge in [-0.15, -0.1) is 0 Å². The Kier molecular flexibility index (Phi) is 5.93. The van der Waals surface area contributed by atoms with E-state index in [1.54, 1.807) is 26.0 Å². The number of amides is 1. The lowest BCUT2D eigenvalue weighted by Gasteiger charge is -2.13. The number of nitrogens with one attached hydrogen (secondary N) is 1. The van der Waals surface area contributed by atoms with E-state index < -0.39 is 23.1 Å². The number of ether oxygens (including phenoxy) is 1. The van der Waals surface area contributed by atoms with Crippen LogP contribution in [0.15, 0.2) is 41.3 Å². The zero-order valence-electron chi connectivity index (χ0n) is 15.7. The first-order valence-corrected chi connectivity index (χ1v) is 9.10. The van der Waals surface area contributed by atoms with Gasteiger partial charge < -0.3 is 14.6 Å². The summed E-state index contributed by atoms with van der Waals surface area (Å²) >= 11 is 5.73. The van der Waals surface area contributed by atoms with E-state index in [1.807, 2.05) is 0 Å². The maximum absolute atomic E-state index is 13.3. The van der Waals surface area contributed by atoms with Gasteiger partial charge in [-0.05, 0) is 44.2 Å². The van der Waals surface area contributed by atoms with Gasteiger partial charge >= 0.3 is 5.97 Å². The molecule has 0 aliphatic heterocycles. The molecule has 2 aromatic heterocycles. The van der Waals surface area contributed by atoms with Crippen LogP contribution in [0.2, 0.25) is 5.02 Å². The van der Waals surface area contributed by atoms with Crippen molar-refractivity contribution in [3.05, 3.63) is 68.8 Å². The van der Waals surface area contributed by atoms with E-state index in [2.05, 4.69) is 10.3 Å². The fourth-order valence-electron chi connectivity index (χ4n) is 2.76. The summed E-state index contributed by atoms with van der Waals surface area (Å²) in [7, 11) is 0. The molecule has 0 aliphatic rings. The second-order valence-corrected chi connectivity index (χ2v) is 6.63. The van der Waals surface area contributed by atoms with Gasteiger partial charge in [0.15, 0.2) is 0 Å². The van der Waals surface area contributed by atoms with Gasteiger partial charge in [-0.1, -0.05) is 11.6 Å². The van der Waals surface area contributed by atoms with E-state index in [0.717, 1.165) is 6.07 Å². The number of rotatable bonds is 5. The molecule has 150 valence electrons. The second-order valence-electron chi connectivity index (χ2n) is 6.22. The lowest BCUT2D eigenvalue weighted by atomic mass is 10.2. The van der Waals surface area contributed by atoms with Crippen molar-refractivity contribution in [2.75, 3.05) is 11.9 Å². The number of hydrogen-bond acceptors (Lipinski definition) is 5. The Morgan fingerprint density at radius 2 is 2.03 bits per heavy atom. The third kappa shape index (κ3) is 4.43. The third-order valence-electron chi connectivity index (χ3n) is 4.07.